The third kappa shape index (κ3) is 13.8. The van der Waals surface area contributed by atoms with Crippen molar-refractivity contribution in [2.45, 2.75) is 154 Å². The van der Waals surface area contributed by atoms with E-state index >= 15 is 0 Å². The first-order valence-corrected chi connectivity index (χ1v) is 14.8. The Hall–Kier alpha value is -0.160. The molecule has 202 valence electrons. The minimum Gasteiger partial charge on any atom is -0.385 e. The maximum atomic E-state index is 6.31. The Balaban J connectivity index is 1.86. The number of hydrogen-bond donors (Lipinski definition) is 0. The van der Waals surface area contributed by atoms with Crippen LogP contribution in [0.1, 0.15) is 136 Å². The van der Waals surface area contributed by atoms with Gasteiger partial charge in [-0.25, -0.2) is 0 Å². The molecule has 2 rings (SSSR count). The summed E-state index contributed by atoms with van der Waals surface area (Å²) in [5.41, 5.74) is 0.298. The van der Waals surface area contributed by atoms with E-state index in [1.54, 1.807) is 0 Å². The van der Waals surface area contributed by atoms with Gasteiger partial charge in [0.15, 0.2) is 0 Å². The summed E-state index contributed by atoms with van der Waals surface area (Å²) >= 11 is 0. The fourth-order valence-electron chi connectivity index (χ4n) is 6.02. The molecule has 0 unspecified atom stereocenters. The van der Waals surface area contributed by atoms with Crippen LogP contribution in [0.15, 0.2) is 0 Å². The molecule has 0 bridgehead atoms. The van der Waals surface area contributed by atoms with Crippen LogP contribution in [0.4, 0.5) is 0 Å². The Bertz CT molecular complexity index is 449. The third-order valence-electron chi connectivity index (χ3n) is 7.96. The summed E-state index contributed by atoms with van der Waals surface area (Å²) in [6, 6.07) is 0. The summed E-state index contributed by atoms with van der Waals surface area (Å²) in [6.45, 7) is 10.0. The summed E-state index contributed by atoms with van der Waals surface area (Å²) in [7, 11) is 1.83. The zero-order chi connectivity index (χ0) is 24.5. The zero-order valence-electron chi connectivity index (χ0n) is 23.3. The highest BCUT2D eigenvalue weighted by Crippen LogP contribution is 2.40. The van der Waals surface area contributed by atoms with Crippen molar-refractivity contribution in [3.05, 3.63) is 0 Å². The lowest BCUT2D eigenvalue weighted by atomic mass is 9.72. The summed E-state index contributed by atoms with van der Waals surface area (Å²) in [4.78, 5) is 0. The Morgan fingerprint density at radius 3 is 1.38 bits per heavy atom. The molecule has 0 aliphatic heterocycles. The molecule has 34 heavy (non-hydrogen) atoms. The van der Waals surface area contributed by atoms with Crippen molar-refractivity contribution < 1.29 is 18.9 Å². The molecule has 0 radical (unpaired) electrons. The minimum absolute atomic E-state index is 0.0552. The molecule has 2 aliphatic carbocycles. The molecular formula is C30H58O4. The lowest BCUT2D eigenvalue weighted by Gasteiger charge is -2.36. The summed E-state index contributed by atoms with van der Waals surface area (Å²) < 4.78 is 24.1. The highest BCUT2D eigenvalue weighted by molar-refractivity contribution is 4.81. The average molecular weight is 483 g/mol. The molecule has 0 saturated heterocycles. The Labute approximate surface area is 212 Å². The van der Waals surface area contributed by atoms with Crippen molar-refractivity contribution in [2.75, 3.05) is 33.5 Å². The summed E-state index contributed by atoms with van der Waals surface area (Å²) in [6.07, 6.45) is 23.9. The van der Waals surface area contributed by atoms with Crippen molar-refractivity contribution in [1.82, 2.24) is 0 Å². The molecule has 0 atom stereocenters. The van der Waals surface area contributed by atoms with Gasteiger partial charge in [-0.3, -0.25) is 0 Å². The first-order chi connectivity index (χ1) is 16.4. The van der Waals surface area contributed by atoms with Gasteiger partial charge in [0.1, 0.15) is 0 Å². The van der Waals surface area contributed by atoms with Crippen molar-refractivity contribution in [1.29, 1.82) is 0 Å². The molecule has 0 spiro atoms. The van der Waals surface area contributed by atoms with Crippen LogP contribution in [0.2, 0.25) is 0 Å². The standard InChI is InChI=1S/C30H58O4/c1-29(2,3)34-26-14-22-30(19-11-23-31-4,20-12-24-32-27-15-7-5-8-16-27)21-13-25-33-28-17-9-6-10-18-28/h27-28H,5-26H2,1-4H3. The van der Waals surface area contributed by atoms with E-state index in [2.05, 4.69) is 20.8 Å². The maximum Gasteiger partial charge on any atom is 0.0598 e. The van der Waals surface area contributed by atoms with Crippen LogP contribution in [0.5, 0.6) is 0 Å². The van der Waals surface area contributed by atoms with E-state index in [9.17, 15) is 0 Å². The Morgan fingerprint density at radius 2 is 0.971 bits per heavy atom. The summed E-state index contributed by atoms with van der Waals surface area (Å²) in [5.74, 6) is 0. The van der Waals surface area contributed by atoms with Gasteiger partial charge in [0.2, 0.25) is 0 Å². The maximum absolute atomic E-state index is 6.31. The predicted octanol–water partition coefficient (Wildman–Crippen LogP) is 8.25. The first-order valence-electron chi connectivity index (χ1n) is 14.8. The lowest BCUT2D eigenvalue weighted by Crippen LogP contribution is -2.26. The molecular weight excluding hydrogens is 424 g/mol. The molecule has 4 heteroatoms. The van der Waals surface area contributed by atoms with E-state index in [-0.39, 0.29) is 5.60 Å². The van der Waals surface area contributed by atoms with Gasteiger partial charge < -0.3 is 18.9 Å². The average Bonchev–Trinajstić information content (AvgIpc) is 2.83. The van der Waals surface area contributed by atoms with Crippen molar-refractivity contribution in [3.63, 3.8) is 0 Å². The van der Waals surface area contributed by atoms with Crippen molar-refractivity contribution in [3.8, 4) is 0 Å². The van der Waals surface area contributed by atoms with Crippen LogP contribution in [0.25, 0.3) is 0 Å². The largest absolute Gasteiger partial charge is 0.385 e. The monoisotopic (exact) mass is 482 g/mol. The van der Waals surface area contributed by atoms with E-state index in [0.717, 1.165) is 39.3 Å². The Kier molecular flexibility index (Phi) is 15.3. The predicted molar refractivity (Wildman–Crippen MR) is 143 cm³/mol. The molecule has 2 saturated carbocycles. The topological polar surface area (TPSA) is 36.9 Å². The first kappa shape index (κ1) is 30.1. The Morgan fingerprint density at radius 1 is 0.559 bits per heavy atom. The minimum atomic E-state index is -0.0552. The van der Waals surface area contributed by atoms with E-state index in [4.69, 9.17) is 18.9 Å². The van der Waals surface area contributed by atoms with Crippen LogP contribution >= 0.6 is 0 Å². The van der Waals surface area contributed by atoms with Crippen LogP contribution in [-0.2, 0) is 18.9 Å². The third-order valence-corrected chi connectivity index (χ3v) is 7.96. The van der Waals surface area contributed by atoms with Crippen LogP contribution in [0.3, 0.4) is 0 Å². The van der Waals surface area contributed by atoms with Crippen LogP contribution < -0.4 is 0 Å². The molecule has 0 heterocycles. The van der Waals surface area contributed by atoms with E-state index in [1.807, 2.05) is 7.11 Å². The molecule has 0 amide bonds. The van der Waals surface area contributed by atoms with Crippen LogP contribution in [0, 0.1) is 5.41 Å². The number of hydrogen-bond acceptors (Lipinski definition) is 4. The molecule has 2 aliphatic rings. The van der Waals surface area contributed by atoms with Gasteiger partial charge in [0, 0.05) is 33.5 Å². The molecule has 4 nitrogen and oxygen atoms in total. The van der Waals surface area contributed by atoms with Gasteiger partial charge in [-0.1, -0.05) is 38.5 Å². The van der Waals surface area contributed by atoms with E-state index < -0.39 is 0 Å². The second-order valence-electron chi connectivity index (χ2n) is 12.1. The van der Waals surface area contributed by atoms with Gasteiger partial charge in [0.25, 0.3) is 0 Å². The second-order valence-corrected chi connectivity index (χ2v) is 12.1. The zero-order valence-corrected chi connectivity index (χ0v) is 23.3. The SMILES string of the molecule is COCCCC(CCCOC1CCCCC1)(CCCOC1CCCCC1)CCCOC(C)(C)C. The molecule has 0 aromatic rings. The van der Waals surface area contributed by atoms with Gasteiger partial charge in [-0.2, -0.15) is 0 Å². The van der Waals surface area contributed by atoms with Crippen molar-refractivity contribution in [2.24, 2.45) is 5.41 Å². The number of methoxy groups -OCH3 is 1. The summed E-state index contributed by atoms with van der Waals surface area (Å²) in [5, 5.41) is 0. The van der Waals surface area contributed by atoms with Gasteiger partial charge in [0.05, 0.1) is 17.8 Å². The van der Waals surface area contributed by atoms with Gasteiger partial charge in [-0.05, 0) is 103 Å². The molecule has 0 aromatic carbocycles. The van der Waals surface area contributed by atoms with Gasteiger partial charge in [-0.15, -0.1) is 0 Å². The fraction of sp³-hybridized carbons (Fsp3) is 1.00. The molecule has 2 fully saturated rings. The van der Waals surface area contributed by atoms with Crippen molar-refractivity contribution >= 4 is 0 Å². The number of rotatable bonds is 18. The smallest absolute Gasteiger partial charge is 0.0598 e. The normalized spacial score (nSPS) is 19.1. The fourth-order valence-corrected chi connectivity index (χ4v) is 6.02. The van der Waals surface area contributed by atoms with Gasteiger partial charge >= 0.3 is 0 Å². The highest BCUT2D eigenvalue weighted by Gasteiger charge is 2.29. The molecule has 0 N–H and O–H groups in total. The van der Waals surface area contributed by atoms with E-state index in [1.165, 1.54) is 103 Å². The van der Waals surface area contributed by atoms with E-state index in [0.29, 0.717) is 17.6 Å². The second kappa shape index (κ2) is 17.3. The molecule has 0 aromatic heterocycles. The quantitative estimate of drug-likeness (QED) is 0.184. The lowest BCUT2D eigenvalue weighted by molar-refractivity contribution is -0.0136. The van der Waals surface area contributed by atoms with Crippen LogP contribution in [-0.4, -0.2) is 51.3 Å². The number of ether oxygens (including phenoxy) is 4. The highest BCUT2D eigenvalue weighted by atomic mass is 16.5.